The quantitative estimate of drug-likeness (QED) is 0.837. The monoisotopic (exact) mass is 373 g/mol. The van der Waals surface area contributed by atoms with E-state index in [-0.39, 0.29) is 27.9 Å². The zero-order chi connectivity index (χ0) is 17.0. The minimum absolute atomic E-state index is 0.0191. The largest absolute Gasteiger partial charge is 0.481 e. The second-order valence-electron chi connectivity index (χ2n) is 4.63. The number of anilines is 1. The number of aliphatic carboxylic acids is 1. The summed E-state index contributed by atoms with van der Waals surface area (Å²) >= 11 is 11.9. The lowest BCUT2D eigenvalue weighted by Crippen LogP contribution is -2.33. The van der Waals surface area contributed by atoms with E-state index in [0.29, 0.717) is 5.69 Å². The van der Waals surface area contributed by atoms with Crippen molar-refractivity contribution in [1.29, 1.82) is 0 Å². The molecule has 0 aliphatic heterocycles. The first-order valence-electron chi connectivity index (χ1n) is 6.57. The average molecular weight is 374 g/mol. The molecule has 2 rings (SSSR count). The maximum Gasteiger partial charge on any atom is 0.305 e. The van der Waals surface area contributed by atoms with Gasteiger partial charge in [-0.3, -0.25) is 9.10 Å². The molecule has 0 aliphatic carbocycles. The Labute approximate surface area is 144 Å². The Morgan fingerprint density at radius 1 is 1.09 bits per heavy atom. The number of rotatable bonds is 6. The van der Waals surface area contributed by atoms with E-state index in [9.17, 15) is 13.2 Å². The van der Waals surface area contributed by atoms with Crippen LogP contribution in [-0.4, -0.2) is 26.0 Å². The maximum absolute atomic E-state index is 12.9. The molecule has 0 fully saturated rings. The van der Waals surface area contributed by atoms with E-state index in [4.69, 9.17) is 28.3 Å². The standard InChI is InChI=1S/C15H13Cl2NO4S/c16-11-6-7-13(17)14(10-11)23(21,22)18(9-8-15(19)20)12-4-2-1-3-5-12/h1-7,10H,8-9H2,(H,19,20). The molecule has 0 spiro atoms. The molecule has 0 radical (unpaired) electrons. The number of hydrogen-bond acceptors (Lipinski definition) is 3. The number of halogens is 2. The van der Waals surface area contributed by atoms with E-state index in [1.807, 2.05) is 0 Å². The first-order chi connectivity index (χ1) is 10.8. The first kappa shape index (κ1) is 17.6. The zero-order valence-corrected chi connectivity index (χ0v) is 14.1. The SMILES string of the molecule is O=C(O)CCN(c1ccccc1)S(=O)(=O)c1cc(Cl)ccc1Cl. The second kappa shape index (κ2) is 7.21. The Balaban J connectivity index is 2.52. The Hall–Kier alpha value is -1.76. The molecule has 0 bridgehead atoms. The van der Waals surface area contributed by atoms with Crippen molar-refractivity contribution in [3.63, 3.8) is 0 Å². The van der Waals surface area contributed by atoms with Crippen molar-refractivity contribution in [2.45, 2.75) is 11.3 Å². The van der Waals surface area contributed by atoms with Gasteiger partial charge < -0.3 is 5.11 Å². The number of sulfonamides is 1. The summed E-state index contributed by atoms with van der Waals surface area (Å²) in [5, 5.41) is 9.12. The van der Waals surface area contributed by atoms with E-state index in [1.54, 1.807) is 30.3 Å². The second-order valence-corrected chi connectivity index (χ2v) is 7.31. The molecule has 0 unspecified atom stereocenters. The minimum Gasteiger partial charge on any atom is -0.481 e. The molecule has 8 heteroatoms. The van der Waals surface area contributed by atoms with E-state index in [0.717, 1.165) is 4.31 Å². The molecule has 2 aromatic carbocycles. The Morgan fingerprint density at radius 2 is 1.74 bits per heavy atom. The lowest BCUT2D eigenvalue weighted by Gasteiger charge is -2.24. The number of carbonyl (C=O) groups is 1. The van der Waals surface area contributed by atoms with Crippen molar-refractivity contribution in [3.8, 4) is 0 Å². The molecule has 1 N–H and O–H groups in total. The van der Waals surface area contributed by atoms with Crippen molar-refractivity contribution < 1.29 is 18.3 Å². The predicted molar refractivity (Wildman–Crippen MR) is 89.7 cm³/mol. The van der Waals surface area contributed by atoms with Crippen LogP contribution in [0.4, 0.5) is 5.69 Å². The van der Waals surface area contributed by atoms with Gasteiger partial charge in [-0.05, 0) is 30.3 Å². The van der Waals surface area contributed by atoms with Gasteiger partial charge in [0.1, 0.15) is 4.90 Å². The minimum atomic E-state index is -4.05. The van der Waals surface area contributed by atoms with Gasteiger partial charge in [-0.25, -0.2) is 8.42 Å². The van der Waals surface area contributed by atoms with Gasteiger partial charge in [0, 0.05) is 11.6 Å². The summed E-state index contributed by atoms with van der Waals surface area (Å²) in [4.78, 5) is 10.7. The predicted octanol–water partition coefficient (Wildman–Crippen LogP) is 3.66. The Bertz CT molecular complexity index is 809. The summed E-state index contributed by atoms with van der Waals surface area (Å²) in [6.45, 7) is -0.218. The van der Waals surface area contributed by atoms with Crippen LogP contribution in [0.2, 0.25) is 10.0 Å². The zero-order valence-electron chi connectivity index (χ0n) is 11.8. The van der Waals surface area contributed by atoms with Crippen LogP contribution < -0.4 is 4.31 Å². The third-order valence-electron chi connectivity index (χ3n) is 3.03. The van der Waals surface area contributed by atoms with Crippen LogP contribution in [-0.2, 0) is 14.8 Å². The Kier molecular flexibility index (Phi) is 5.51. The van der Waals surface area contributed by atoms with Gasteiger partial charge in [0.15, 0.2) is 0 Å². The van der Waals surface area contributed by atoms with Gasteiger partial charge >= 0.3 is 5.97 Å². The Morgan fingerprint density at radius 3 is 2.35 bits per heavy atom. The van der Waals surface area contributed by atoms with Crippen LogP contribution >= 0.6 is 23.2 Å². The van der Waals surface area contributed by atoms with Crippen LogP contribution in [0.1, 0.15) is 6.42 Å². The van der Waals surface area contributed by atoms with Gasteiger partial charge in [-0.1, -0.05) is 41.4 Å². The fraction of sp³-hybridized carbons (Fsp3) is 0.133. The van der Waals surface area contributed by atoms with E-state index >= 15 is 0 Å². The lowest BCUT2D eigenvalue weighted by atomic mass is 10.3. The number of benzene rings is 2. The summed E-state index contributed by atoms with van der Waals surface area (Å²) in [6.07, 6.45) is -0.341. The van der Waals surface area contributed by atoms with Crippen LogP contribution in [0.25, 0.3) is 0 Å². The van der Waals surface area contributed by atoms with Crippen LogP contribution in [0.3, 0.4) is 0 Å². The summed E-state index contributed by atoms with van der Waals surface area (Å²) in [5.74, 6) is -1.10. The van der Waals surface area contributed by atoms with Gasteiger partial charge in [0.2, 0.25) is 0 Å². The number of para-hydroxylation sites is 1. The third kappa shape index (κ3) is 4.16. The smallest absolute Gasteiger partial charge is 0.305 e. The van der Waals surface area contributed by atoms with Crippen LogP contribution in [0.15, 0.2) is 53.4 Å². The third-order valence-corrected chi connectivity index (χ3v) is 5.58. The van der Waals surface area contributed by atoms with Crippen molar-refractivity contribution in [1.82, 2.24) is 0 Å². The highest BCUT2D eigenvalue weighted by atomic mass is 35.5. The van der Waals surface area contributed by atoms with Gasteiger partial charge in [0.25, 0.3) is 10.0 Å². The highest BCUT2D eigenvalue weighted by molar-refractivity contribution is 7.93. The van der Waals surface area contributed by atoms with Gasteiger partial charge in [-0.15, -0.1) is 0 Å². The molecule has 0 heterocycles. The summed E-state index contributed by atoms with van der Waals surface area (Å²) in [6, 6.07) is 12.3. The molecule has 122 valence electrons. The summed E-state index contributed by atoms with van der Waals surface area (Å²) in [7, 11) is -4.05. The fourth-order valence-electron chi connectivity index (χ4n) is 1.97. The molecule has 0 saturated carbocycles. The highest BCUT2D eigenvalue weighted by Crippen LogP contribution is 2.30. The first-order valence-corrected chi connectivity index (χ1v) is 8.76. The van der Waals surface area contributed by atoms with E-state index < -0.39 is 16.0 Å². The average Bonchev–Trinajstić information content (AvgIpc) is 2.50. The van der Waals surface area contributed by atoms with E-state index in [2.05, 4.69) is 0 Å². The molecule has 2 aromatic rings. The number of carboxylic acid groups (broad SMARTS) is 1. The molecule has 0 aromatic heterocycles. The molecule has 23 heavy (non-hydrogen) atoms. The summed E-state index contributed by atoms with van der Waals surface area (Å²) < 4.78 is 26.8. The van der Waals surface area contributed by atoms with Crippen molar-refractivity contribution in [2.75, 3.05) is 10.8 Å². The molecular formula is C15H13Cl2NO4S. The molecule has 0 saturated heterocycles. The molecule has 0 aliphatic rings. The van der Waals surface area contributed by atoms with Crippen molar-refractivity contribution in [3.05, 3.63) is 58.6 Å². The molecule has 0 amide bonds. The van der Waals surface area contributed by atoms with Crippen molar-refractivity contribution in [2.24, 2.45) is 0 Å². The lowest BCUT2D eigenvalue weighted by molar-refractivity contribution is -0.136. The van der Waals surface area contributed by atoms with Crippen LogP contribution in [0.5, 0.6) is 0 Å². The maximum atomic E-state index is 12.9. The van der Waals surface area contributed by atoms with Gasteiger partial charge in [-0.2, -0.15) is 0 Å². The van der Waals surface area contributed by atoms with Gasteiger partial charge in [0.05, 0.1) is 17.1 Å². The molecular weight excluding hydrogens is 361 g/mol. The number of hydrogen-bond donors (Lipinski definition) is 1. The van der Waals surface area contributed by atoms with Crippen LogP contribution in [0, 0.1) is 0 Å². The molecule has 0 atom stereocenters. The highest BCUT2D eigenvalue weighted by Gasteiger charge is 2.27. The fourth-order valence-corrected chi connectivity index (χ4v) is 4.18. The summed E-state index contributed by atoms with van der Waals surface area (Å²) in [5.41, 5.74) is 0.352. The van der Waals surface area contributed by atoms with Crippen molar-refractivity contribution >= 4 is 44.9 Å². The normalized spacial score (nSPS) is 11.2. The van der Waals surface area contributed by atoms with E-state index in [1.165, 1.54) is 18.2 Å². The number of nitrogens with zero attached hydrogens (tertiary/aromatic N) is 1. The topological polar surface area (TPSA) is 74.7 Å². The molecule has 5 nitrogen and oxygen atoms in total. The number of carboxylic acids is 1.